The van der Waals surface area contributed by atoms with Gasteiger partial charge in [-0.2, -0.15) is 0 Å². The number of hydrogen-bond acceptors (Lipinski definition) is 2. The molecule has 3 rings (SSSR count). The lowest BCUT2D eigenvalue weighted by molar-refractivity contribution is -0.0972. The van der Waals surface area contributed by atoms with Crippen LogP contribution in [0.2, 0.25) is 0 Å². The van der Waals surface area contributed by atoms with Gasteiger partial charge in [0.15, 0.2) is 0 Å². The van der Waals surface area contributed by atoms with Crippen LogP contribution in [0.5, 0.6) is 0 Å². The Bertz CT molecular complexity index is 850. The second kappa shape index (κ2) is 7.75. The van der Waals surface area contributed by atoms with E-state index in [1.807, 2.05) is 19.9 Å². The predicted octanol–water partition coefficient (Wildman–Crippen LogP) is 5.89. The van der Waals surface area contributed by atoms with Gasteiger partial charge in [-0.05, 0) is 44.4 Å². The number of nitrogens with zero attached hydrogens (tertiary/aromatic N) is 2. The van der Waals surface area contributed by atoms with E-state index < -0.39 is 17.8 Å². The van der Waals surface area contributed by atoms with Crippen molar-refractivity contribution < 1.29 is 8.78 Å². The first-order chi connectivity index (χ1) is 12.4. The van der Waals surface area contributed by atoms with Gasteiger partial charge in [0.05, 0.1) is 10.9 Å². The van der Waals surface area contributed by atoms with Crippen molar-refractivity contribution in [1.82, 2.24) is 9.55 Å². The zero-order valence-corrected chi connectivity index (χ0v) is 16.9. The van der Waals surface area contributed by atoms with Crippen LogP contribution in [0, 0.1) is 5.92 Å². The van der Waals surface area contributed by atoms with Crippen LogP contribution in [0.3, 0.4) is 0 Å². The first kappa shape index (κ1) is 19.5. The van der Waals surface area contributed by atoms with Crippen LogP contribution in [0.25, 0.3) is 10.9 Å². The van der Waals surface area contributed by atoms with Crippen molar-refractivity contribution in [2.24, 2.45) is 5.92 Å². The third-order valence-electron chi connectivity index (χ3n) is 5.50. The molecule has 2 atom stereocenters. The minimum absolute atomic E-state index is 0.0607. The summed E-state index contributed by atoms with van der Waals surface area (Å²) in [5.74, 6) is -3.30. The van der Waals surface area contributed by atoms with Crippen molar-refractivity contribution in [2.75, 3.05) is 0 Å². The Morgan fingerprint density at radius 1 is 1.35 bits per heavy atom. The highest BCUT2D eigenvalue weighted by Crippen LogP contribution is 2.47. The minimum Gasteiger partial charge on any atom is -0.296 e. The summed E-state index contributed by atoms with van der Waals surface area (Å²) in [5, 5.41) is 0.524. The van der Waals surface area contributed by atoms with Crippen molar-refractivity contribution in [3.8, 4) is 0 Å². The van der Waals surface area contributed by atoms with E-state index in [1.165, 1.54) is 0 Å². The van der Waals surface area contributed by atoms with Gasteiger partial charge in [0, 0.05) is 29.3 Å². The molecular formula is C20H25BrF2N2O. The zero-order chi connectivity index (χ0) is 18.9. The maximum atomic E-state index is 14.7. The van der Waals surface area contributed by atoms with Crippen molar-refractivity contribution >= 4 is 26.8 Å². The minimum atomic E-state index is -2.69. The van der Waals surface area contributed by atoms with Crippen LogP contribution in [0.15, 0.2) is 27.5 Å². The second-order valence-corrected chi connectivity index (χ2v) is 8.11. The van der Waals surface area contributed by atoms with E-state index in [1.54, 1.807) is 16.7 Å². The molecule has 0 spiro atoms. The molecule has 1 saturated carbocycles. The van der Waals surface area contributed by atoms with Gasteiger partial charge in [0.25, 0.3) is 11.5 Å². The quantitative estimate of drug-likeness (QED) is 0.597. The molecule has 0 saturated heterocycles. The summed E-state index contributed by atoms with van der Waals surface area (Å²) in [6.45, 7) is 4.31. The van der Waals surface area contributed by atoms with Gasteiger partial charge in [-0.1, -0.05) is 35.7 Å². The molecule has 6 heteroatoms. The zero-order valence-electron chi connectivity index (χ0n) is 15.3. The molecule has 1 aromatic carbocycles. The Hall–Kier alpha value is -1.30. The van der Waals surface area contributed by atoms with Crippen molar-refractivity contribution in [1.29, 1.82) is 0 Å². The van der Waals surface area contributed by atoms with Gasteiger partial charge in [0.1, 0.15) is 5.82 Å². The Labute approximate surface area is 160 Å². The fourth-order valence-corrected chi connectivity index (χ4v) is 4.60. The fraction of sp³-hybridized carbons (Fsp3) is 0.600. The summed E-state index contributed by atoms with van der Waals surface area (Å²) < 4.78 is 31.8. The molecule has 1 heterocycles. The Morgan fingerprint density at radius 3 is 2.77 bits per heavy atom. The lowest BCUT2D eigenvalue weighted by Crippen LogP contribution is -2.39. The Balaban J connectivity index is 2.19. The predicted molar refractivity (Wildman–Crippen MR) is 104 cm³/mol. The molecule has 0 unspecified atom stereocenters. The second-order valence-electron chi connectivity index (χ2n) is 7.19. The van der Waals surface area contributed by atoms with Crippen LogP contribution in [0.4, 0.5) is 8.78 Å². The van der Waals surface area contributed by atoms with Gasteiger partial charge in [-0.15, -0.1) is 0 Å². The molecule has 26 heavy (non-hydrogen) atoms. The van der Waals surface area contributed by atoms with Crippen molar-refractivity contribution in [3.05, 3.63) is 38.9 Å². The normalized spacial score (nSPS) is 21.0. The van der Waals surface area contributed by atoms with Crippen LogP contribution >= 0.6 is 15.9 Å². The first-order valence-electron chi connectivity index (χ1n) is 9.46. The van der Waals surface area contributed by atoms with Gasteiger partial charge < -0.3 is 0 Å². The number of fused-ring (bicyclic) bond motifs is 1. The summed E-state index contributed by atoms with van der Waals surface area (Å²) in [6, 6.07) is 5.37. The molecule has 3 nitrogen and oxygen atoms in total. The number of alkyl halides is 2. The van der Waals surface area contributed by atoms with E-state index in [9.17, 15) is 13.6 Å². The molecule has 1 aliphatic rings. The molecule has 1 aliphatic carbocycles. The Kier molecular flexibility index (Phi) is 5.80. The van der Waals surface area contributed by atoms with Gasteiger partial charge >= 0.3 is 0 Å². The number of benzene rings is 1. The molecule has 0 radical (unpaired) electrons. The molecule has 0 N–H and O–H groups in total. The molecule has 2 aromatic rings. The molecular weight excluding hydrogens is 402 g/mol. The molecule has 0 amide bonds. The summed E-state index contributed by atoms with van der Waals surface area (Å²) in [7, 11) is 0. The number of halogens is 3. The highest BCUT2D eigenvalue weighted by Gasteiger charge is 2.46. The van der Waals surface area contributed by atoms with Gasteiger partial charge in [-0.25, -0.2) is 13.8 Å². The first-order valence-corrected chi connectivity index (χ1v) is 10.3. The van der Waals surface area contributed by atoms with Crippen LogP contribution in [-0.2, 0) is 6.54 Å². The monoisotopic (exact) mass is 426 g/mol. The summed E-state index contributed by atoms with van der Waals surface area (Å²) >= 11 is 3.39. The van der Waals surface area contributed by atoms with Crippen LogP contribution in [-0.4, -0.2) is 15.5 Å². The average molecular weight is 427 g/mol. The summed E-state index contributed by atoms with van der Waals surface area (Å²) in [4.78, 5) is 17.7. The van der Waals surface area contributed by atoms with Crippen molar-refractivity contribution in [2.45, 2.75) is 70.8 Å². The van der Waals surface area contributed by atoms with E-state index in [0.29, 0.717) is 42.5 Å². The number of rotatable bonds is 5. The number of aromatic nitrogens is 2. The largest absolute Gasteiger partial charge is 0.296 e. The lowest BCUT2D eigenvalue weighted by Gasteiger charge is -2.37. The molecule has 1 fully saturated rings. The highest BCUT2D eigenvalue weighted by molar-refractivity contribution is 9.10. The van der Waals surface area contributed by atoms with Gasteiger partial charge in [0.2, 0.25) is 0 Å². The highest BCUT2D eigenvalue weighted by atomic mass is 79.9. The summed E-state index contributed by atoms with van der Waals surface area (Å²) in [5.41, 5.74) is 0.437. The van der Waals surface area contributed by atoms with E-state index in [4.69, 9.17) is 4.98 Å². The van der Waals surface area contributed by atoms with E-state index in [2.05, 4.69) is 15.9 Å². The van der Waals surface area contributed by atoms with Crippen LogP contribution < -0.4 is 5.56 Å². The molecule has 1 aromatic heterocycles. The van der Waals surface area contributed by atoms with E-state index in [0.717, 1.165) is 17.3 Å². The third-order valence-corrected chi connectivity index (χ3v) is 5.99. The Morgan fingerprint density at radius 2 is 2.12 bits per heavy atom. The molecule has 0 aliphatic heterocycles. The maximum Gasteiger partial charge on any atom is 0.261 e. The fourth-order valence-electron chi connectivity index (χ4n) is 4.24. The summed E-state index contributed by atoms with van der Waals surface area (Å²) in [6.07, 6.45) is 3.23. The topological polar surface area (TPSA) is 34.9 Å². The smallest absolute Gasteiger partial charge is 0.261 e. The lowest BCUT2D eigenvalue weighted by atomic mass is 9.75. The van der Waals surface area contributed by atoms with Crippen molar-refractivity contribution in [3.63, 3.8) is 0 Å². The standard InChI is InChI=1S/C20H25BrF2N2O/c1-3-7-14(16-8-5-6-11-20(16,22)23)18-24-17-10-9-13(21)12-15(17)19(26)25(18)4-2/h9-10,12,14,16H,3-8,11H2,1-2H3/t14-,16+/m1/s1. The maximum absolute atomic E-state index is 14.7. The third kappa shape index (κ3) is 3.57. The van der Waals surface area contributed by atoms with E-state index in [-0.39, 0.29) is 12.0 Å². The number of hydrogen-bond donors (Lipinski definition) is 0. The average Bonchev–Trinajstić information content (AvgIpc) is 2.60. The molecule has 142 valence electrons. The van der Waals surface area contributed by atoms with Crippen LogP contribution in [0.1, 0.15) is 64.1 Å². The SMILES string of the molecule is CCC[C@@H](c1nc2ccc(Br)cc2c(=O)n1CC)[C@@H]1CCCCC1(F)F. The van der Waals surface area contributed by atoms with Gasteiger partial charge in [-0.3, -0.25) is 9.36 Å². The van der Waals surface area contributed by atoms with E-state index >= 15 is 0 Å². The molecule has 0 bridgehead atoms.